The number of rotatable bonds is 0. The summed E-state index contributed by atoms with van der Waals surface area (Å²) in [4.78, 5) is 11.6. The summed E-state index contributed by atoms with van der Waals surface area (Å²) in [5.74, 6) is 0.420. The third-order valence-corrected chi connectivity index (χ3v) is 3.36. The van der Waals surface area contributed by atoms with Crippen LogP contribution in [0.3, 0.4) is 0 Å². The van der Waals surface area contributed by atoms with Crippen LogP contribution in [0.15, 0.2) is 11.6 Å². The second kappa shape index (κ2) is 2.72. The van der Waals surface area contributed by atoms with E-state index in [-0.39, 0.29) is 5.41 Å². The molecular weight excluding hydrogens is 148 g/mol. The monoisotopic (exact) mass is 164 g/mol. The smallest absolute Gasteiger partial charge is 0.159 e. The Balaban J connectivity index is 2.33. The van der Waals surface area contributed by atoms with Gasteiger partial charge < -0.3 is 0 Å². The van der Waals surface area contributed by atoms with Crippen LogP contribution in [0.1, 0.15) is 45.4 Å². The number of carbonyl (C=O) groups excluding carboxylic acids is 1. The van der Waals surface area contributed by atoms with E-state index in [2.05, 4.69) is 13.0 Å². The van der Waals surface area contributed by atoms with Crippen molar-refractivity contribution in [3.05, 3.63) is 11.6 Å². The van der Waals surface area contributed by atoms with Gasteiger partial charge in [-0.1, -0.05) is 13.0 Å². The fourth-order valence-electron chi connectivity index (χ4n) is 2.60. The van der Waals surface area contributed by atoms with Crippen molar-refractivity contribution < 1.29 is 4.79 Å². The number of Topliss-reactive ketones (excluding diaryl/α,β-unsaturated/α-hetero) is 1. The molecule has 2 rings (SSSR count). The van der Waals surface area contributed by atoms with E-state index in [4.69, 9.17) is 0 Å². The van der Waals surface area contributed by atoms with Gasteiger partial charge in [-0.25, -0.2) is 0 Å². The van der Waals surface area contributed by atoms with E-state index in [0.29, 0.717) is 5.78 Å². The van der Waals surface area contributed by atoms with Crippen LogP contribution in [0.25, 0.3) is 0 Å². The van der Waals surface area contributed by atoms with Crippen molar-refractivity contribution in [3.8, 4) is 0 Å². The number of allylic oxidation sites excluding steroid dienone is 2. The summed E-state index contributed by atoms with van der Waals surface area (Å²) in [6.07, 6.45) is 8.93. The Bertz CT molecular complexity index is 239. The Morgan fingerprint density at radius 2 is 2.08 bits per heavy atom. The molecule has 1 fully saturated rings. The highest BCUT2D eigenvalue weighted by Crippen LogP contribution is 2.45. The van der Waals surface area contributed by atoms with Crippen molar-refractivity contribution in [3.63, 3.8) is 0 Å². The van der Waals surface area contributed by atoms with E-state index in [1.165, 1.54) is 19.3 Å². The molecule has 0 aromatic heterocycles. The van der Waals surface area contributed by atoms with E-state index in [0.717, 1.165) is 24.8 Å². The molecule has 66 valence electrons. The highest BCUT2D eigenvalue weighted by atomic mass is 16.1. The summed E-state index contributed by atoms with van der Waals surface area (Å²) in [5.41, 5.74) is 1.41. The van der Waals surface area contributed by atoms with Crippen LogP contribution >= 0.6 is 0 Å². The number of hydrogen-bond acceptors (Lipinski definition) is 1. The van der Waals surface area contributed by atoms with Gasteiger partial charge in [-0.2, -0.15) is 0 Å². The SMILES string of the molecule is CC12CCCC=C1C(=O)CCC2. The highest BCUT2D eigenvalue weighted by Gasteiger charge is 2.37. The van der Waals surface area contributed by atoms with Gasteiger partial charge in [0.15, 0.2) is 5.78 Å². The number of carbonyl (C=O) groups is 1. The predicted molar refractivity (Wildman–Crippen MR) is 48.9 cm³/mol. The fraction of sp³-hybridized carbons (Fsp3) is 0.727. The van der Waals surface area contributed by atoms with Crippen molar-refractivity contribution in [1.82, 2.24) is 0 Å². The van der Waals surface area contributed by atoms with Gasteiger partial charge >= 0.3 is 0 Å². The second-order valence-electron chi connectivity index (χ2n) is 4.35. The molecular formula is C11H16O. The lowest BCUT2D eigenvalue weighted by Crippen LogP contribution is -2.31. The predicted octanol–water partition coefficient (Wildman–Crippen LogP) is 2.86. The Hall–Kier alpha value is -0.590. The molecule has 1 nitrogen and oxygen atoms in total. The Morgan fingerprint density at radius 3 is 2.83 bits per heavy atom. The Labute approximate surface area is 73.8 Å². The maximum atomic E-state index is 11.6. The minimum absolute atomic E-state index is 0.258. The van der Waals surface area contributed by atoms with Crippen molar-refractivity contribution in [1.29, 1.82) is 0 Å². The molecule has 1 saturated carbocycles. The molecule has 0 aliphatic heterocycles. The maximum absolute atomic E-state index is 11.6. The molecule has 1 heteroatoms. The molecule has 1 atom stereocenters. The molecule has 0 heterocycles. The van der Waals surface area contributed by atoms with Gasteiger partial charge in [0.05, 0.1) is 0 Å². The van der Waals surface area contributed by atoms with E-state index in [1.54, 1.807) is 0 Å². The van der Waals surface area contributed by atoms with Crippen LogP contribution in [0.5, 0.6) is 0 Å². The van der Waals surface area contributed by atoms with Gasteiger partial charge in [-0.05, 0) is 43.1 Å². The van der Waals surface area contributed by atoms with Crippen LogP contribution in [0, 0.1) is 5.41 Å². The number of ketones is 1. The molecule has 1 unspecified atom stereocenters. The lowest BCUT2D eigenvalue weighted by atomic mass is 9.66. The van der Waals surface area contributed by atoms with E-state index in [1.807, 2.05) is 0 Å². The zero-order valence-corrected chi connectivity index (χ0v) is 7.73. The first-order valence-corrected chi connectivity index (χ1v) is 4.96. The Kier molecular flexibility index (Phi) is 1.82. The number of fused-ring (bicyclic) bond motifs is 1. The van der Waals surface area contributed by atoms with Gasteiger partial charge in [0.2, 0.25) is 0 Å². The van der Waals surface area contributed by atoms with Crippen LogP contribution in [-0.2, 0) is 4.79 Å². The van der Waals surface area contributed by atoms with Crippen molar-refractivity contribution in [2.75, 3.05) is 0 Å². The molecule has 2 aliphatic rings. The Morgan fingerprint density at radius 1 is 1.33 bits per heavy atom. The van der Waals surface area contributed by atoms with Crippen molar-refractivity contribution in [2.24, 2.45) is 5.41 Å². The standard InChI is InChI=1S/C11H16O/c1-11-7-3-2-5-9(11)10(12)6-4-8-11/h5H,2-4,6-8H2,1H3. The molecule has 0 radical (unpaired) electrons. The normalized spacial score (nSPS) is 35.8. The van der Waals surface area contributed by atoms with Crippen LogP contribution in [-0.4, -0.2) is 5.78 Å². The minimum atomic E-state index is 0.258. The molecule has 12 heavy (non-hydrogen) atoms. The van der Waals surface area contributed by atoms with Gasteiger partial charge in [-0.3, -0.25) is 4.79 Å². The van der Waals surface area contributed by atoms with E-state index < -0.39 is 0 Å². The lowest BCUT2D eigenvalue weighted by Gasteiger charge is -2.38. The topological polar surface area (TPSA) is 17.1 Å². The summed E-state index contributed by atoms with van der Waals surface area (Å²) in [5, 5.41) is 0. The zero-order chi connectivity index (χ0) is 8.60. The van der Waals surface area contributed by atoms with Gasteiger partial charge in [0.25, 0.3) is 0 Å². The summed E-state index contributed by atoms with van der Waals surface area (Å²) < 4.78 is 0. The summed E-state index contributed by atoms with van der Waals surface area (Å²) in [6, 6.07) is 0. The lowest BCUT2D eigenvalue weighted by molar-refractivity contribution is -0.118. The summed E-state index contributed by atoms with van der Waals surface area (Å²) >= 11 is 0. The molecule has 0 saturated heterocycles. The zero-order valence-electron chi connectivity index (χ0n) is 7.73. The average Bonchev–Trinajstić information content (AvgIpc) is 2.04. The highest BCUT2D eigenvalue weighted by molar-refractivity contribution is 5.97. The molecule has 0 bridgehead atoms. The summed E-state index contributed by atoms with van der Waals surface area (Å²) in [6.45, 7) is 2.26. The fourth-order valence-corrected chi connectivity index (χ4v) is 2.60. The summed E-state index contributed by atoms with van der Waals surface area (Å²) in [7, 11) is 0. The molecule has 0 spiro atoms. The van der Waals surface area contributed by atoms with Gasteiger partial charge in [-0.15, -0.1) is 0 Å². The quantitative estimate of drug-likeness (QED) is 0.538. The molecule has 0 aromatic rings. The minimum Gasteiger partial charge on any atom is -0.295 e. The largest absolute Gasteiger partial charge is 0.295 e. The number of hydrogen-bond donors (Lipinski definition) is 0. The first-order valence-electron chi connectivity index (χ1n) is 4.96. The third-order valence-electron chi connectivity index (χ3n) is 3.36. The molecule has 0 amide bonds. The van der Waals surface area contributed by atoms with Crippen LogP contribution in [0.2, 0.25) is 0 Å². The average molecular weight is 164 g/mol. The van der Waals surface area contributed by atoms with E-state index in [9.17, 15) is 4.79 Å². The third kappa shape index (κ3) is 1.12. The molecule has 0 aromatic carbocycles. The maximum Gasteiger partial charge on any atom is 0.159 e. The van der Waals surface area contributed by atoms with Crippen molar-refractivity contribution in [2.45, 2.75) is 45.4 Å². The first-order chi connectivity index (χ1) is 5.72. The van der Waals surface area contributed by atoms with Gasteiger partial charge in [0, 0.05) is 6.42 Å². The van der Waals surface area contributed by atoms with E-state index >= 15 is 0 Å². The first kappa shape index (κ1) is 8.03. The van der Waals surface area contributed by atoms with Gasteiger partial charge in [0.1, 0.15) is 0 Å². The second-order valence-corrected chi connectivity index (χ2v) is 4.35. The van der Waals surface area contributed by atoms with Crippen LogP contribution < -0.4 is 0 Å². The van der Waals surface area contributed by atoms with Crippen molar-refractivity contribution >= 4 is 5.78 Å². The molecule has 2 aliphatic carbocycles. The van der Waals surface area contributed by atoms with Crippen LogP contribution in [0.4, 0.5) is 0 Å². The molecule has 0 N–H and O–H groups in total.